The molecule has 2 saturated heterocycles. The Balaban J connectivity index is 2.12. The van der Waals surface area contributed by atoms with Crippen LogP contribution < -0.4 is 0 Å². The Morgan fingerprint density at radius 2 is 1.91 bits per heavy atom. The maximum atomic E-state index is 10.1. The largest absolute Gasteiger partial charge is 0.394 e. The molecule has 0 saturated carbocycles. The number of aliphatic hydroxyl groups excluding tert-OH is 4. The van der Waals surface area contributed by atoms with Crippen LogP contribution in [0.5, 0.6) is 0 Å². The zero-order chi connectivity index (χ0) is 17.4. The van der Waals surface area contributed by atoms with Crippen molar-refractivity contribution in [1.29, 1.82) is 0 Å². The fraction of sp³-hybridized carbons (Fsp3) is 0.875. The summed E-state index contributed by atoms with van der Waals surface area (Å²) in [6.07, 6.45) is -3.61. The van der Waals surface area contributed by atoms with Crippen LogP contribution in [0.3, 0.4) is 0 Å². The van der Waals surface area contributed by atoms with Crippen molar-refractivity contribution < 1.29 is 34.6 Å². The summed E-state index contributed by atoms with van der Waals surface area (Å²) in [5.41, 5.74) is -1.21. The molecular weight excluding hydrogens is 304 g/mol. The minimum Gasteiger partial charge on any atom is -0.394 e. The highest BCUT2D eigenvalue weighted by molar-refractivity contribution is 5.05. The van der Waals surface area contributed by atoms with Gasteiger partial charge in [0.2, 0.25) is 0 Å². The molecule has 0 aromatic rings. The van der Waals surface area contributed by atoms with Crippen molar-refractivity contribution in [2.75, 3.05) is 6.61 Å². The lowest BCUT2D eigenvalue weighted by Crippen LogP contribution is -2.61. The Hall–Kier alpha value is -0.540. The third kappa shape index (κ3) is 3.76. The lowest BCUT2D eigenvalue weighted by Gasteiger charge is -2.44. The number of hydrogen-bond acceptors (Lipinski definition) is 7. The monoisotopic (exact) mass is 332 g/mol. The van der Waals surface area contributed by atoms with Gasteiger partial charge >= 0.3 is 0 Å². The summed E-state index contributed by atoms with van der Waals surface area (Å²) in [6.45, 7) is 9.04. The molecule has 134 valence electrons. The van der Waals surface area contributed by atoms with Crippen LogP contribution in [-0.2, 0) is 14.2 Å². The molecule has 2 heterocycles. The van der Waals surface area contributed by atoms with Crippen LogP contribution in [0.15, 0.2) is 12.7 Å². The van der Waals surface area contributed by atoms with Crippen LogP contribution >= 0.6 is 0 Å². The third-order valence-corrected chi connectivity index (χ3v) is 4.73. The van der Waals surface area contributed by atoms with Crippen molar-refractivity contribution in [1.82, 2.24) is 0 Å². The van der Waals surface area contributed by atoms with E-state index in [1.54, 1.807) is 13.0 Å². The first-order chi connectivity index (χ1) is 10.6. The molecule has 0 aliphatic carbocycles. The summed E-state index contributed by atoms with van der Waals surface area (Å²) < 4.78 is 17.3. The van der Waals surface area contributed by atoms with Crippen molar-refractivity contribution in [3.63, 3.8) is 0 Å². The molecule has 2 aliphatic heterocycles. The highest BCUT2D eigenvalue weighted by Crippen LogP contribution is 2.38. The second-order valence-corrected chi connectivity index (χ2v) is 7.11. The van der Waals surface area contributed by atoms with Crippen LogP contribution in [0.2, 0.25) is 0 Å². The van der Waals surface area contributed by atoms with E-state index in [4.69, 9.17) is 14.2 Å². The van der Waals surface area contributed by atoms with E-state index >= 15 is 0 Å². The number of rotatable bonds is 5. The summed E-state index contributed by atoms with van der Waals surface area (Å²) >= 11 is 0. The van der Waals surface area contributed by atoms with Gasteiger partial charge < -0.3 is 34.6 Å². The fourth-order valence-electron chi connectivity index (χ4n) is 3.06. The van der Waals surface area contributed by atoms with Crippen LogP contribution in [0.1, 0.15) is 33.6 Å². The standard InChI is InChI=1S/C16H28O7/c1-5-16(4,10-6-7-15(2,3)22-10)23-14-13(20)12(19)11(18)9(8-17)21-14/h5,9-14,17-20H,1,6-8H2,2-4H3/t9-,10-,11-,12+,13-,14+,16-/m1/s1. The summed E-state index contributed by atoms with van der Waals surface area (Å²) in [5, 5.41) is 39.0. The first kappa shape index (κ1) is 18.8. The Morgan fingerprint density at radius 3 is 2.39 bits per heavy atom. The molecule has 7 atom stereocenters. The van der Waals surface area contributed by atoms with Gasteiger partial charge in [-0.05, 0) is 33.6 Å². The van der Waals surface area contributed by atoms with Gasteiger partial charge in [-0.15, -0.1) is 6.58 Å². The predicted molar refractivity (Wildman–Crippen MR) is 81.6 cm³/mol. The smallest absolute Gasteiger partial charge is 0.187 e. The highest BCUT2D eigenvalue weighted by atomic mass is 16.7. The van der Waals surface area contributed by atoms with Gasteiger partial charge in [-0.2, -0.15) is 0 Å². The minimum atomic E-state index is -1.47. The van der Waals surface area contributed by atoms with E-state index in [2.05, 4.69) is 6.58 Å². The normalized spacial score (nSPS) is 43.1. The van der Waals surface area contributed by atoms with Gasteiger partial charge in [0.05, 0.1) is 18.3 Å². The van der Waals surface area contributed by atoms with E-state index in [-0.39, 0.29) is 11.7 Å². The zero-order valence-electron chi connectivity index (χ0n) is 13.9. The topological polar surface area (TPSA) is 109 Å². The fourth-order valence-corrected chi connectivity index (χ4v) is 3.06. The molecule has 23 heavy (non-hydrogen) atoms. The van der Waals surface area contributed by atoms with Crippen molar-refractivity contribution in [2.45, 2.75) is 81.6 Å². The SMILES string of the molecule is C=C[C@@](C)(O[C@@H]1O[C@H](CO)[C@@H](O)[C@H](O)[C@H]1O)[C@H]1CCC(C)(C)O1. The maximum Gasteiger partial charge on any atom is 0.187 e. The first-order valence-electron chi connectivity index (χ1n) is 7.93. The van der Waals surface area contributed by atoms with Crippen molar-refractivity contribution in [3.8, 4) is 0 Å². The molecule has 4 N–H and O–H groups in total. The molecule has 0 unspecified atom stereocenters. The third-order valence-electron chi connectivity index (χ3n) is 4.73. The summed E-state index contributed by atoms with van der Waals surface area (Å²) in [5.74, 6) is 0. The van der Waals surface area contributed by atoms with E-state index in [1.165, 1.54) is 0 Å². The molecule has 2 aliphatic rings. The summed E-state index contributed by atoms with van der Waals surface area (Å²) in [7, 11) is 0. The van der Waals surface area contributed by atoms with Gasteiger partial charge in [0.1, 0.15) is 30.0 Å². The van der Waals surface area contributed by atoms with Crippen LogP contribution in [0.4, 0.5) is 0 Å². The van der Waals surface area contributed by atoms with Gasteiger partial charge in [-0.1, -0.05) is 6.08 Å². The van der Waals surface area contributed by atoms with E-state index in [9.17, 15) is 20.4 Å². The quantitative estimate of drug-likeness (QED) is 0.512. The Labute approximate surface area is 136 Å². The van der Waals surface area contributed by atoms with Crippen LogP contribution in [0.25, 0.3) is 0 Å². The number of ether oxygens (including phenoxy) is 3. The van der Waals surface area contributed by atoms with Crippen LogP contribution in [-0.4, -0.2) is 75.0 Å². The molecule has 0 amide bonds. The van der Waals surface area contributed by atoms with Crippen molar-refractivity contribution >= 4 is 0 Å². The molecule has 0 bridgehead atoms. The second-order valence-electron chi connectivity index (χ2n) is 7.11. The highest BCUT2D eigenvalue weighted by Gasteiger charge is 2.49. The minimum absolute atomic E-state index is 0.270. The molecule has 0 aromatic carbocycles. The lowest BCUT2D eigenvalue weighted by atomic mass is 9.94. The maximum absolute atomic E-state index is 10.1. The van der Waals surface area contributed by atoms with Gasteiger partial charge in [-0.3, -0.25) is 0 Å². The van der Waals surface area contributed by atoms with E-state index in [0.717, 1.165) is 12.8 Å². The average Bonchev–Trinajstić information content (AvgIpc) is 2.88. The molecule has 2 rings (SSSR count). The van der Waals surface area contributed by atoms with Crippen LogP contribution in [0, 0.1) is 0 Å². The van der Waals surface area contributed by atoms with Gasteiger partial charge in [0.15, 0.2) is 6.29 Å². The molecular formula is C16H28O7. The van der Waals surface area contributed by atoms with Gasteiger partial charge in [0, 0.05) is 0 Å². The molecule has 7 heteroatoms. The molecule has 0 radical (unpaired) electrons. The summed E-state index contributed by atoms with van der Waals surface area (Å²) in [4.78, 5) is 0. The lowest BCUT2D eigenvalue weighted by molar-refractivity contribution is -0.328. The zero-order valence-corrected chi connectivity index (χ0v) is 13.9. The summed E-state index contributed by atoms with van der Waals surface area (Å²) in [6, 6.07) is 0. The predicted octanol–water partition coefficient (Wildman–Crippen LogP) is -0.295. The van der Waals surface area contributed by atoms with E-state index in [0.29, 0.717) is 0 Å². The Bertz CT molecular complexity index is 425. The molecule has 7 nitrogen and oxygen atoms in total. The first-order valence-corrected chi connectivity index (χ1v) is 7.93. The van der Waals surface area contributed by atoms with Gasteiger partial charge in [0.25, 0.3) is 0 Å². The van der Waals surface area contributed by atoms with E-state index < -0.39 is 42.9 Å². The Morgan fingerprint density at radius 1 is 1.26 bits per heavy atom. The molecule has 2 fully saturated rings. The average molecular weight is 332 g/mol. The van der Waals surface area contributed by atoms with E-state index in [1.807, 2.05) is 13.8 Å². The van der Waals surface area contributed by atoms with Gasteiger partial charge in [-0.25, -0.2) is 0 Å². The number of aliphatic hydroxyl groups is 4. The van der Waals surface area contributed by atoms with Crippen molar-refractivity contribution in [3.05, 3.63) is 12.7 Å². The Kier molecular flexibility index (Phi) is 5.52. The van der Waals surface area contributed by atoms with Crippen molar-refractivity contribution in [2.24, 2.45) is 0 Å². The second kappa shape index (κ2) is 6.76. The molecule has 0 spiro atoms. The molecule has 0 aromatic heterocycles. The number of hydrogen-bond donors (Lipinski definition) is 4.